The van der Waals surface area contributed by atoms with Crippen molar-refractivity contribution in [3.63, 3.8) is 0 Å². The molecule has 0 saturated heterocycles. The number of aromatic amines is 1. The summed E-state index contributed by atoms with van der Waals surface area (Å²) in [6, 6.07) is 12.6. The predicted molar refractivity (Wildman–Crippen MR) is 73.9 cm³/mol. The van der Waals surface area contributed by atoms with Crippen LogP contribution in [0.1, 0.15) is 12.5 Å². The molecule has 1 aromatic carbocycles. The number of pyridine rings is 1. The first-order valence-electron chi connectivity index (χ1n) is 6.24. The summed E-state index contributed by atoms with van der Waals surface area (Å²) in [5.74, 6) is 0. The third-order valence-corrected chi connectivity index (χ3v) is 3.53. The molecule has 0 saturated carbocycles. The van der Waals surface area contributed by atoms with Crippen molar-refractivity contribution in [1.82, 2.24) is 14.4 Å². The van der Waals surface area contributed by atoms with Crippen LogP contribution in [-0.4, -0.2) is 14.4 Å². The Hall–Kier alpha value is -2.29. The summed E-state index contributed by atoms with van der Waals surface area (Å²) in [4.78, 5) is 8.17. The van der Waals surface area contributed by atoms with Gasteiger partial charge in [-0.1, -0.05) is 25.1 Å². The summed E-state index contributed by atoms with van der Waals surface area (Å²) in [6.07, 6.45) is 3.10. The molecule has 88 valence electrons. The van der Waals surface area contributed by atoms with E-state index in [9.17, 15) is 0 Å². The Labute approximate surface area is 104 Å². The molecular weight excluding hydrogens is 222 g/mol. The number of hydrogen-bond donors (Lipinski definition) is 1. The highest BCUT2D eigenvalue weighted by molar-refractivity contribution is 6.05. The first-order valence-corrected chi connectivity index (χ1v) is 6.24. The first kappa shape index (κ1) is 9.71. The van der Waals surface area contributed by atoms with Crippen molar-refractivity contribution < 1.29 is 0 Å². The van der Waals surface area contributed by atoms with Gasteiger partial charge >= 0.3 is 0 Å². The van der Waals surface area contributed by atoms with Gasteiger partial charge in [0.1, 0.15) is 16.8 Å². The van der Waals surface area contributed by atoms with Crippen LogP contribution in [0, 0.1) is 0 Å². The SMILES string of the molecule is CCc1ccc2c(c1)[nH]c1c2nc2ccccn21. The molecular formula is C15H13N3. The molecule has 3 heteroatoms. The van der Waals surface area contributed by atoms with E-state index in [1.165, 1.54) is 16.5 Å². The predicted octanol–water partition coefficient (Wildman–Crippen LogP) is 3.53. The van der Waals surface area contributed by atoms with E-state index in [0.717, 1.165) is 23.2 Å². The molecule has 4 aromatic rings. The number of H-pyrrole nitrogens is 1. The summed E-state index contributed by atoms with van der Waals surface area (Å²) in [7, 11) is 0. The van der Waals surface area contributed by atoms with Gasteiger partial charge in [0.2, 0.25) is 0 Å². The van der Waals surface area contributed by atoms with E-state index in [0.29, 0.717) is 0 Å². The molecule has 0 atom stereocenters. The van der Waals surface area contributed by atoms with Crippen molar-refractivity contribution in [2.75, 3.05) is 0 Å². The molecule has 18 heavy (non-hydrogen) atoms. The normalized spacial score (nSPS) is 11.8. The minimum atomic E-state index is 0.986. The highest BCUT2D eigenvalue weighted by Crippen LogP contribution is 2.26. The number of aromatic nitrogens is 3. The van der Waals surface area contributed by atoms with Crippen molar-refractivity contribution in [3.8, 4) is 0 Å². The Balaban J connectivity index is 2.18. The number of rotatable bonds is 1. The molecule has 4 rings (SSSR count). The number of imidazole rings is 1. The van der Waals surface area contributed by atoms with Crippen LogP contribution >= 0.6 is 0 Å². The molecule has 0 radical (unpaired) electrons. The highest BCUT2D eigenvalue weighted by Gasteiger charge is 2.10. The van der Waals surface area contributed by atoms with Crippen LogP contribution < -0.4 is 0 Å². The number of nitrogens with zero attached hydrogens (tertiary/aromatic N) is 2. The Morgan fingerprint density at radius 1 is 1.22 bits per heavy atom. The lowest BCUT2D eigenvalue weighted by Gasteiger charge is -1.96. The summed E-state index contributed by atoms with van der Waals surface area (Å²) >= 11 is 0. The van der Waals surface area contributed by atoms with E-state index in [1.807, 2.05) is 24.4 Å². The van der Waals surface area contributed by atoms with E-state index >= 15 is 0 Å². The molecule has 3 aromatic heterocycles. The third-order valence-electron chi connectivity index (χ3n) is 3.53. The van der Waals surface area contributed by atoms with E-state index in [1.54, 1.807) is 0 Å². The average molecular weight is 235 g/mol. The zero-order chi connectivity index (χ0) is 12.1. The Morgan fingerprint density at radius 2 is 2.17 bits per heavy atom. The fourth-order valence-electron chi connectivity index (χ4n) is 2.55. The van der Waals surface area contributed by atoms with Crippen LogP contribution in [0.4, 0.5) is 0 Å². The van der Waals surface area contributed by atoms with Gasteiger partial charge in [-0.25, -0.2) is 4.98 Å². The summed E-state index contributed by atoms with van der Waals surface area (Å²) in [5.41, 5.74) is 5.64. The van der Waals surface area contributed by atoms with E-state index < -0.39 is 0 Å². The van der Waals surface area contributed by atoms with Crippen molar-refractivity contribution in [2.45, 2.75) is 13.3 Å². The maximum atomic E-state index is 4.69. The molecule has 0 aliphatic carbocycles. The highest BCUT2D eigenvalue weighted by atomic mass is 15.1. The Bertz CT molecular complexity index is 867. The maximum absolute atomic E-state index is 4.69. The van der Waals surface area contributed by atoms with Gasteiger partial charge in [0.05, 0.1) is 0 Å². The smallest absolute Gasteiger partial charge is 0.143 e. The molecule has 0 fully saturated rings. The van der Waals surface area contributed by atoms with E-state index in [4.69, 9.17) is 4.98 Å². The molecule has 0 aliphatic rings. The minimum absolute atomic E-state index is 0.986. The van der Waals surface area contributed by atoms with Crippen molar-refractivity contribution in [2.24, 2.45) is 0 Å². The number of fused-ring (bicyclic) bond motifs is 5. The summed E-state index contributed by atoms with van der Waals surface area (Å²) in [5, 5.41) is 1.20. The van der Waals surface area contributed by atoms with Gasteiger partial charge in [0.15, 0.2) is 0 Å². The number of benzene rings is 1. The molecule has 1 N–H and O–H groups in total. The van der Waals surface area contributed by atoms with Crippen LogP contribution in [0.25, 0.3) is 27.7 Å². The monoisotopic (exact) mass is 235 g/mol. The van der Waals surface area contributed by atoms with Crippen molar-refractivity contribution in [1.29, 1.82) is 0 Å². The third kappa shape index (κ3) is 1.16. The fourth-order valence-corrected chi connectivity index (χ4v) is 2.55. The Morgan fingerprint density at radius 3 is 3.06 bits per heavy atom. The van der Waals surface area contributed by atoms with Gasteiger partial charge in [-0.05, 0) is 30.2 Å². The number of nitrogens with one attached hydrogen (secondary N) is 1. The summed E-state index contributed by atoms with van der Waals surface area (Å²) < 4.78 is 2.10. The topological polar surface area (TPSA) is 33.1 Å². The molecule has 0 amide bonds. The standard InChI is InChI=1S/C15H13N3/c1-2-10-6-7-11-12(9-10)16-15-14(11)17-13-5-3-4-8-18(13)15/h3-9,16H,2H2,1H3. The lowest BCUT2D eigenvalue weighted by molar-refractivity contribution is 1.14. The van der Waals surface area contributed by atoms with E-state index in [-0.39, 0.29) is 0 Å². The van der Waals surface area contributed by atoms with Gasteiger partial charge in [-0.3, -0.25) is 4.40 Å². The van der Waals surface area contributed by atoms with Gasteiger partial charge in [-0.15, -0.1) is 0 Å². The fraction of sp³-hybridized carbons (Fsp3) is 0.133. The molecule has 0 unspecified atom stereocenters. The van der Waals surface area contributed by atoms with Crippen molar-refractivity contribution in [3.05, 3.63) is 48.2 Å². The molecule has 3 nitrogen and oxygen atoms in total. The molecule has 0 aliphatic heterocycles. The van der Waals surface area contributed by atoms with E-state index in [2.05, 4.69) is 34.5 Å². The molecule has 0 spiro atoms. The quantitative estimate of drug-likeness (QED) is 0.538. The summed E-state index contributed by atoms with van der Waals surface area (Å²) in [6.45, 7) is 2.17. The number of aryl methyl sites for hydroxylation is 1. The zero-order valence-corrected chi connectivity index (χ0v) is 10.1. The first-order chi connectivity index (χ1) is 8.86. The second-order valence-electron chi connectivity index (χ2n) is 4.60. The van der Waals surface area contributed by atoms with Crippen LogP contribution in [0.5, 0.6) is 0 Å². The maximum Gasteiger partial charge on any atom is 0.143 e. The second-order valence-corrected chi connectivity index (χ2v) is 4.60. The largest absolute Gasteiger partial charge is 0.339 e. The minimum Gasteiger partial charge on any atom is -0.339 e. The van der Waals surface area contributed by atoms with Crippen LogP contribution in [-0.2, 0) is 6.42 Å². The molecule has 0 bridgehead atoms. The number of hydrogen-bond acceptors (Lipinski definition) is 1. The second kappa shape index (κ2) is 3.35. The Kier molecular flexibility index (Phi) is 1.81. The molecule has 3 heterocycles. The van der Waals surface area contributed by atoms with Gasteiger partial charge in [0, 0.05) is 17.1 Å². The van der Waals surface area contributed by atoms with Crippen LogP contribution in [0.3, 0.4) is 0 Å². The van der Waals surface area contributed by atoms with Gasteiger partial charge in [0.25, 0.3) is 0 Å². The van der Waals surface area contributed by atoms with Gasteiger partial charge < -0.3 is 4.98 Å². The van der Waals surface area contributed by atoms with Crippen LogP contribution in [0.15, 0.2) is 42.6 Å². The zero-order valence-electron chi connectivity index (χ0n) is 10.1. The lowest BCUT2D eigenvalue weighted by atomic mass is 10.1. The lowest BCUT2D eigenvalue weighted by Crippen LogP contribution is -1.83. The van der Waals surface area contributed by atoms with Gasteiger partial charge in [-0.2, -0.15) is 0 Å². The van der Waals surface area contributed by atoms with Crippen molar-refractivity contribution >= 4 is 27.7 Å². The van der Waals surface area contributed by atoms with Crippen LogP contribution in [0.2, 0.25) is 0 Å². The average Bonchev–Trinajstić information content (AvgIpc) is 2.93.